The van der Waals surface area contributed by atoms with E-state index in [-0.39, 0.29) is 12.5 Å². The summed E-state index contributed by atoms with van der Waals surface area (Å²) in [6, 6.07) is 0. The van der Waals surface area contributed by atoms with Crippen molar-refractivity contribution >= 4 is 5.91 Å². The third kappa shape index (κ3) is 11.5. The van der Waals surface area contributed by atoms with Crippen LogP contribution in [0.25, 0.3) is 0 Å². The van der Waals surface area contributed by atoms with E-state index in [2.05, 4.69) is 31.4 Å². The first-order valence-corrected chi connectivity index (χ1v) is 6.22. The molecule has 1 amide bonds. The Bertz CT molecular complexity index is 172. The third-order valence-corrected chi connectivity index (χ3v) is 2.13. The predicted octanol–water partition coefficient (Wildman–Crippen LogP) is 1.16. The van der Waals surface area contributed by atoms with Crippen LogP contribution in [-0.4, -0.2) is 38.8 Å². The number of amides is 1. The second-order valence-corrected chi connectivity index (χ2v) is 4.34. The first-order chi connectivity index (χ1) is 7.66. The van der Waals surface area contributed by atoms with Crippen molar-refractivity contribution in [3.05, 3.63) is 0 Å². The molecule has 0 aromatic rings. The van der Waals surface area contributed by atoms with Crippen molar-refractivity contribution < 1.29 is 9.53 Å². The van der Waals surface area contributed by atoms with Crippen molar-refractivity contribution in [3.8, 4) is 0 Å². The molecule has 0 heterocycles. The number of carbonyl (C=O) groups is 1. The zero-order chi connectivity index (χ0) is 12.2. The van der Waals surface area contributed by atoms with Gasteiger partial charge >= 0.3 is 0 Å². The van der Waals surface area contributed by atoms with Crippen LogP contribution in [0, 0.1) is 5.92 Å². The standard InChI is InChI=1S/C12H26N2O2/c1-4-6-13-8-9-16-10-12(15)14-7-5-11(2)3/h11,13H,4-10H2,1-3H3,(H,14,15). The minimum Gasteiger partial charge on any atom is -0.370 e. The number of hydrogen-bond acceptors (Lipinski definition) is 3. The monoisotopic (exact) mass is 230 g/mol. The summed E-state index contributed by atoms with van der Waals surface area (Å²) in [4.78, 5) is 11.3. The Morgan fingerprint density at radius 2 is 2.00 bits per heavy atom. The average Bonchev–Trinajstić information content (AvgIpc) is 2.22. The van der Waals surface area contributed by atoms with Gasteiger partial charge in [-0.25, -0.2) is 0 Å². The highest BCUT2D eigenvalue weighted by molar-refractivity contribution is 5.77. The van der Waals surface area contributed by atoms with Crippen LogP contribution in [0.1, 0.15) is 33.6 Å². The maximum Gasteiger partial charge on any atom is 0.245 e. The molecule has 0 aromatic heterocycles. The molecule has 4 heteroatoms. The van der Waals surface area contributed by atoms with Gasteiger partial charge in [-0.2, -0.15) is 0 Å². The molecule has 4 nitrogen and oxygen atoms in total. The fraction of sp³-hybridized carbons (Fsp3) is 0.917. The Labute approximate surface area is 99.1 Å². The molecule has 0 aliphatic carbocycles. The van der Waals surface area contributed by atoms with E-state index >= 15 is 0 Å². The van der Waals surface area contributed by atoms with Crippen molar-refractivity contribution in [2.75, 3.05) is 32.8 Å². The molecule has 0 saturated heterocycles. The highest BCUT2D eigenvalue weighted by Crippen LogP contribution is 1.95. The Kier molecular flexibility index (Phi) is 10.5. The lowest BCUT2D eigenvalue weighted by molar-refractivity contribution is -0.125. The van der Waals surface area contributed by atoms with Crippen molar-refractivity contribution in [3.63, 3.8) is 0 Å². The van der Waals surface area contributed by atoms with Gasteiger partial charge in [-0.1, -0.05) is 20.8 Å². The smallest absolute Gasteiger partial charge is 0.245 e. The fourth-order valence-corrected chi connectivity index (χ4v) is 1.16. The van der Waals surface area contributed by atoms with E-state index in [9.17, 15) is 4.79 Å². The molecular formula is C12H26N2O2. The van der Waals surface area contributed by atoms with E-state index < -0.39 is 0 Å². The van der Waals surface area contributed by atoms with Gasteiger partial charge in [0.15, 0.2) is 0 Å². The Hall–Kier alpha value is -0.610. The normalized spacial score (nSPS) is 10.8. The van der Waals surface area contributed by atoms with Gasteiger partial charge in [-0.15, -0.1) is 0 Å². The molecule has 0 unspecified atom stereocenters. The molecular weight excluding hydrogens is 204 g/mol. The van der Waals surface area contributed by atoms with Crippen molar-refractivity contribution in [2.45, 2.75) is 33.6 Å². The molecule has 0 bridgehead atoms. The van der Waals surface area contributed by atoms with Crippen LogP contribution in [0.2, 0.25) is 0 Å². The van der Waals surface area contributed by atoms with Crippen LogP contribution >= 0.6 is 0 Å². The third-order valence-electron chi connectivity index (χ3n) is 2.13. The summed E-state index contributed by atoms with van der Waals surface area (Å²) >= 11 is 0. The number of nitrogens with one attached hydrogen (secondary N) is 2. The summed E-state index contributed by atoms with van der Waals surface area (Å²) in [5, 5.41) is 6.04. The van der Waals surface area contributed by atoms with Gasteiger partial charge in [-0.3, -0.25) is 4.79 Å². The van der Waals surface area contributed by atoms with E-state index in [0.717, 1.165) is 32.5 Å². The lowest BCUT2D eigenvalue weighted by Gasteiger charge is -2.08. The molecule has 0 radical (unpaired) electrons. The summed E-state index contributed by atoms with van der Waals surface area (Å²) in [6.07, 6.45) is 2.14. The highest BCUT2D eigenvalue weighted by atomic mass is 16.5. The molecule has 16 heavy (non-hydrogen) atoms. The molecule has 96 valence electrons. The summed E-state index contributed by atoms with van der Waals surface area (Å²) < 4.78 is 5.22. The van der Waals surface area contributed by atoms with Gasteiger partial charge in [0.1, 0.15) is 6.61 Å². The van der Waals surface area contributed by atoms with Crippen LogP contribution < -0.4 is 10.6 Å². The maximum atomic E-state index is 11.3. The molecule has 0 saturated carbocycles. The second-order valence-electron chi connectivity index (χ2n) is 4.34. The largest absolute Gasteiger partial charge is 0.370 e. The SMILES string of the molecule is CCCNCCOCC(=O)NCCC(C)C. The Balaban J connectivity index is 3.17. The quantitative estimate of drug-likeness (QED) is 0.554. The lowest BCUT2D eigenvalue weighted by Crippen LogP contribution is -2.30. The maximum absolute atomic E-state index is 11.3. The first-order valence-electron chi connectivity index (χ1n) is 6.22. The summed E-state index contributed by atoms with van der Waals surface area (Å²) in [6.45, 7) is 9.73. The second kappa shape index (κ2) is 10.9. The summed E-state index contributed by atoms with van der Waals surface area (Å²) in [5.41, 5.74) is 0. The molecule has 0 aromatic carbocycles. The van der Waals surface area contributed by atoms with E-state index in [0.29, 0.717) is 12.5 Å². The molecule has 0 aliphatic rings. The van der Waals surface area contributed by atoms with E-state index in [1.54, 1.807) is 0 Å². The zero-order valence-electron chi connectivity index (χ0n) is 10.8. The minimum atomic E-state index is -0.0175. The number of carbonyl (C=O) groups excluding carboxylic acids is 1. The van der Waals surface area contributed by atoms with E-state index in [1.165, 1.54) is 0 Å². The number of hydrogen-bond donors (Lipinski definition) is 2. The highest BCUT2D eigenvalue weighted by Gasteiger charge is 2.01. The first kappa shape index (κ1) is 15.4. The zero-order valence-corrected chi connectivity index (χ0v) is 10.8. The summed E-state index contributed by atoms with van der Waals surface area (Å²) in [7, 11) is 0. The molecule has 2 N–H and O–H groups in total. The van der Waals surface area contributed by atoms with Gasteiger partial charge in [0, 0.05) is 13.1 Å². The van der Waals surface area contributed by atoms with Gasteiger partial charge in [0.25, 0.3) is 0 Å². The van der Waals surface area contributed by atoms with Crippen LogP contribution in [0.5, 0.6) is 0 Å². The summed E-state index contributed by atoms with van der Waals surface area (Å²) in [5.74, 6) is 0.607. The molecule has 0 atom stereocenters. The molecule has 0 spiro atoms. The Morgan fingerprint density at radius 1 is 1.25 bits per heavy atom. The van der Waals surface area contributed by atoms with E-state index in [4.69, 9.17) is 4.74 Å². The van der Waals surface area contributed by atoms with Gasteiger partial charge in [-0.05, 0) is 25.3 Å². The van der Waals surface area contributed by atoms with Crippen LogP contribution in [0.4, 0.5) is 0 Å². The molecule has 0 rings (SSSR count). The number of rotatable bonds is 10. The fourth-order valence-electron chi connectivity index (χ4n) is 1.16. The minimum absolute atomic E-state index is 0.0175. The van der Waals surface area contributed by atoms with Crippen molar-refractivity contribution in [1.29, 1.82) is 0 Å². The topological polar surface area (TPSA) is 50.4 Å². The van der Waals surface area contributed by atoms with Crippen LogP contribution in [0.3, 0.4) is 0 Å². The van der Waals surface area contributed by atoms with Gasteiger partial charge in [0.2, 0.25) is 5.91 Å². The van der Waals surface area contributed by atoms with Gasteiger partial charge < -0.3 is 15.4 Å². The predicted molar refractivity (Wildman–Crippen MR) is 66.4 cm³/mol. The van der Waals surface area contributed by atoms with Crippen LogP contribution in [-0.2, 0) is 9.53 Å². The molecule has 0 fully saturated rings. The van der Waals surface area contributed by atoms with E-state index in [1.807, 2.05) is 0 Å². The number of ether oxygens (including phenoxy) is 1. The lowest BCUT2D eigenvalue weighted by atomic mass is 10.1. The average molecular weight is 230 g/mol. The van der Waals surface area contributed by atoms with Crippen molar-refractivity contribution in [2.24, 2.45) is 5.92 Å². The van der Waals surface area contributed by atoms with Crippen LogP contribution in [0.15, 0.2) is 0 Å². The molecule has 0 aliphatic heterocycles. The van der Waals surface area contributed by atoms with Gasteiger partial charge in [0.05, 0.1) is 6.61 Å². The Morgan fingerprint density at radius 3 is 2.62 bits per heavy atom. The van der Waals surface area contributed by atoms with Crippen molar-refractivity contribution in [1.82, 2.24) is 10.6 Å².